The molecule has 0 aromatic carbocycles. The number of amides is 2. The van der Waals surface area contributed by atoms with Crippen LogP contribution in [0.15, 0.2) is 0 Å². The van der Waals surface area contributed by atoms with Crippen molar-refractivity contribution in [2.45, 2.75) is 37.0 Å². The third-order valence-corrected chi connectivity index (χ3v) is 4.28. The van der Waals surface area contributed by atoms with Gasteiger partial charge in [-0.05, 0) is 25.5 Å². The first kappa shape index (κ1) is 15.7. The second kappa shape index (κ2) is 7.95. The van der Waals surface area contributed by atoms with Gasteiger partial charge in [0.15, 0.2) is 0 Å². The van der Waals surface area contributed by atoms with Crippen LogP contribution in [0.2, 0.25) is 0 Å². The van der Waals surface area contributed by atoms with Crippen molar-refractivity contribution in [3.8, 4) is 12.3 Å². The molecule has 0 bridgehead atoms. The lowest BCUT2D eigenvalue weighted by Crippen LogP contribution is -2.48. The summed E-state index contributed by atoms with van der Waals surface area (Å²) in [7, 11) is 0. The predicted molar refractivity (Wildman–Crippen MR) is 76.1 cm³/mol. The Labute approximate surface area is 118 Å². The Morgan fingerprint density at radius 2 is 2.26 bits per heavy atom. The summed E-state index contributed by atoms with van der Waals surface area (Å²) < 4.78 is 0. The van der Waals surface area contributed by atoms with E-state index in [4.69, 9.17) is 11.5 Å². The molecule has 0 radical (unpaired) electrons. The molecular formula is C13H20N2O3S. The lowest BCUT2D eigenvalue weighted by Gasteiger charge is -2.30. The molecule has 2 amide bonds. The molecule has 2 N–H and O–H groups in total. The lowest BCUT2D eigenvalue weighted by atomic mass is 9.95. The maximum atomic E-state index is 12.0. The summed E-state index contributed by atoms with van der Waals surface area (Å²) in [6.45, 7) is -0.356. The molecule has 1 aliphatic rings. The van der Waals surface area contributed by atoms with Crippen molar-refractivity contribution in [3.05, 3.63) is 0 Å². The molecule has 0 saturated heterocycles. The molecule has 0 spiro atoms. The number of carboxylic acids is 1. The summed E-state index contributed by atoms with van der Waals surface area (Å²) in [5, 5.41) is 12.2. The number of carbonyl (C=O) groups excluding carboxylic acids is 1. The van der Waals surface area contributed by atoms with Crippen LogP contribution >= 0.6 is 11.8 Å². The summed E-state index contributed by atoms with van der Waals surface area (Å²) in [5.74, 6) is 1.25. The van der Waals surface area contributed by atoms with Gasteiger partial charge in [0.2, 0.25) is 0 Å². The van der Waals surface area contributed by atoms with Crippen LogP contribution in [-0.2, 0) is 4.79 Å². The molecule has 106 valence electrons. The van der Waals surface area contributed by atoms with Crippen LogP contribution in [0.25, 0.3) is 0 Å². The normalized spacial score (nSPS) is 22.3. The Bertz CT molecular complexity index is 367. The van der Waals surface area contributed by atoms with Crippen LogP contribution in [0, 0.1) is 12.3 Å². The zero-order valence-electron chi connectivity index (χ0n) is 11.1. The summed E-state index contributed by atoms with van der Waals surface area (Å²) in [5.41, 5.74) is 0. The topological polar surface area (TPSA) is 69.6 Å². The number of hydrogen-bond donors (Lipinski definition) is 2. The van der Waals surface area contributed by atoms with Gasteiger partial charge in [-0.25, -0.2) is 4.79 Å². The minimum atomic E-state index is -1.06. The Morgan fingerprint density at radius 3 is 2.84 bits per heavy atom. The van der Waals surface area contributed by atoms with E-state index in [-0.39, 0.29) is 25.2 Å². The Morgan fingerprint density at radius 1 is 1.53 bits per heavy atom. The number of aliphatic carboxylic acids is 1. The van der Waals surface area contributed by atoms with Gasteiger partial charge in [0.05, 0.1) is 6.54 Å². The van der Waals surface area contributed by atoms with Crippen molar-refractivity contribution < 1.29 is 14.7 Å². The van der Waals surface area contributed by atoms with Crippen molar-refractivity contribution in [1.82, 2.24) is 10.2 Å². The second-order valence-electron chi connectivity index (χ2n) is 4.62. The van der Waals surface area contributed by atoms with Crippen molar-refractivity contribution in [2.75, 3.05) is 19.3 Å². The van der Waals surface area contributed by atoms with Gasteiger partial charge < -0.3 is 15.3 Å². The Balaban J connectivity index is 2.51. The van der Waals surface area contributed by atoms with Gasteiger partial charge in [0, 0.05) is 11.3 Å². The summed E-state index contributed by atoms with van der Waals surface area (Å²) in [6.07, 6.45) is 11.4. The quantitative estimate of drug-likeness (QED) is 0.749. The van der Waals surface area contributed by atoms with Crippen LogP contribution < -0.4 is 5.32 Å². The fourth-order valence-electron chi connectivity index (χ4n) is 2.23. The molecule has 1 fully saturated rings. The van der Waals surface area contributed by atoms with E-state index < -0.39 is 5.97 Å². The average molecular weight is 284 g/mol. The maximum Gasteiger partial charge on any atom is 0.323 e. The number of nitrogens with zero attached hydrogens (tertiary/aromatic N) is 1. The minimum absolute atomic E-state index is 0.0107. The number of carbonyl (C=O) groups is 2. The van der Waals surface area contributed by atoms with Gasteiger partial charge in [-0.1, -0.05) is 12.3 Å². The largest absolute Gasteiger partial charge is 0.480 e. The van der Waals surface area contributed by atoms with E-state index in [1.54, 1.807) is 0 Å². The fraction of sp³-hybridized carbons (Fsp3) is 0.692. The molecule has 2 unspecified atom stereocenters. The standard InChI is InChI=1S/C13H20N2O3S/c1-3-7-15(9-12(16)17)13(18)14-10-5-4-6-11(8-10)19-2/h1,10-11H,4-9H2,2H3,(H,14,18)(H,16,17). The molecule has 5 nitrogen and oxygen atoms in total. The number of nitrogens with one attached hydrogen (secondary N) is 1. The first-order valence-corrected chi connectivity index (χ1v) is 7.59. The second-order valence-corrected chi connectivity index (χ2v) is 5.76. The molecule has 0 aromatic rings. The van der Waals surface area contributed by atoms with E-state index >= 15 is 0 Å². The number of hydrogen-bond acceptors (Lipinski definition) is 3. The number of thioether (sulfide) groups is 1. The van der Waals surface area contributed by atoms with E-state index in [1.165, 1.54) is 6.42 Å². The first-order valence-electron chi connectivity index (χ1n) is 6.30. The molecule has 2 atom stereocenters. The van der Waals surface area contributed by atoms with Crippen LogP contribution in [0.1, 0.15) is 25.7 Å². The monoisotopic (exact) mass is 284 g/mol. The van der Waals surface area contributed by atoms with Crippen LogP contribution in [-0.4, -0.2) is 52.6 Å². The molecule has 0 aliphatic heterocycles. The van der Waals surface area contributed by atoms with Crippen LogP contribution in [0.3, 0.4) is 0 Å². The molecule has 0 aromatic heterocycles. The Kier molecular flexibility index (Phi) is 6.57. The van der Waals surface area contributed by atoms with E-state index in [1.807, 2.05) is 11.8 Å². The highest BCUT2D eigenvalue weighted by Gasteiger charge is 2.24. The van der Waals surface area contributed by atoms with Gasteiger partial charge in [-0.2, -0.15) is 11.8 Å². The Hall–Kier alpha value is -1.35. The van der Waals surface area contributed by atoms with Gasteiger partial charge >= 0.3 is 12.0 Å². The predicted octanol–water partition coefficient (Wildman–Crippen LogP) is 1.39. The van der Waals surface area contributed by atoms with Crippen molar-refractivity contribution in [2.24, 2.45) is 0 Å². The fourth-order valence-corrected chi connectivity index (χ4v) is 3.06. The highest BCUT2D eigenvalue weighted by atomic mass is 32.2. The molecule has 19 heavy (non-hydrogen) atoms. The SMILES string of the molecule is C#CCN(CC(=O)O)C(=O)NC1CCCC(SC)C1. The molecular weight excluding hydrogens is 264 g/mol. The minimum Gasteiger partial charge on any atom is -0.480 e. The van der Waals surface area contributed by atoms with Gasteiger partial charge in [0.25, 0.3) is 0 Å². The zero-order chi connectivity index (χ0) is 14.3. The molecule has 6 heteroatoms. The van der Waals surface area contributed by atoms with Gasteiger partial charge in [0.1, 0.15) is 6.54 Å². The van der Waals surface area contributed by atoms with Gasteiger partial charge in [-0.15, -0.1) is 6.42 Å². The van der Waals surface area contributed by atoms with Crippen molar-refractivity contribution in [1.29, 1.82) is 0 Å². The zero-order valence-corrected chi connectivity index (χ0v) is 11.9. The van der Waals surface area contributed by atoms with E-state index in [2.05, 4.69) is 17.5 Å². The van der Waals surface area contributed by atoms with Gasteiger partial charge in [-0.3, -0.25) is 4.79 Å². The van der Waals surface area contributed by atoms with Crippen LogP contribution in [0.4, 0.5) is 4.79 Å². The summed E-state index contributed by atoms with van der Waals surface area (Å²) in [6, 6.07) is -0.264. The molecule has 1 saturated carbocycles. The third kappa shape index (κ3) is 5.43. The number of terminal acetylenes is 1. The lowest BCUT2D eigenvalue weighted by molar-refractivity contribution is -0.137. The van der Waals surface area contributed by atoms with E-state index in [0.29, 0.717) is 5.25 Å². The number of carboxylic acid groups (broad SMARTS) is 1. The highest BCUT2D eigenvalue weighted by Crippen LogP contribution is 2.26. The number of rotatable bonds is 5. The van der Waals surface area contributed by atoms with E-state index in [0.717, 1.165) is 24.2 Å². The average Bonchev–Trinajstić information content (AvgIpc) is 2.38. The van der Waals surface area contributed by atoms with Crippen molar-refractivity contribution in [3.63, 3.8) is 0 Å². The summed E-state index contributed by atoms with van der Waals surface area (Å²) >= 11 is 1.81. The van der Waals surface area contributed by atoms with E-state index in [9.17, 15) is 9.59 Å². The maximum absolute atomic E-state index is 12.0. The first-order chi connectivity index (χ1) is 9.06. The van der Waals surface area contributed by atoms with Crippen LogP contribution in [0.5, 0.6) is 0 Å². The van der Waals surface area contributed by atoms with Crippen molar-refractivity contribution >= 4 is 23.8 Å². The molecule has 1 rings (SSSR count). The summed E-state index contributed by atoms with van der Waals surface area (Å²) in [4.78, 5) is 23.8. The molecule has 1 aliphatic carbocycles. The number of urea groups is 1. The third-order valence-electron chi connectivity index (χ3n) is 3.18. The smallest absolute Gasteiger partial charge is 0.323 e. The highest BCUT2D eigenvalue weighted by molar-refractivity contribution is 7.99. The molecule has 0 heterocycles.